The van der Waals surface area contributed by atoms with Gasteiger partial charge in [0.2, 0.25) is 0 Å². The third-order valence-corrected chi connectivity index (χ3v) is 5.53. The second-order valence-corrected chi connectivity index (χ2v) is 7.15. The molecule has 0 radical (unpaired) electrons. The van der Waals surface area contributed by atoms with Gasteiger partial charge < -0.3 is 4.98 Å². The molecule has 1 aliphatic carbocycles. The van der Waals surface area contributed by atoms with Gasteiger partial charge in [-0.3, -0.25) is 9.59 Å². The smallest absolute Gasteiger partial charge is 0.266 e. The first kappa shape index (κ1) is 15.3. The van der Waals surface area contributed by atoms with Crippen molar-refractivity contribution in [3.05, 3.63) is 59.4 Å². The standard InChI is InChI=1S/C21H19N3O2/c25-20-15-8-4-5-9-16(15)21(26)24(20)14-10-11-17-18(12-14)23-19(22-17)13-6-2-1-3-7-13/h4-5,8-13H,1-3,6-7H2,(H,22,23). The number of aromatic amines is 1. The number of carbonyl (C=O) groups is 2. The molecule has 2 amide bonds. The van der Waals surface area contributed by atoms with E-state index in [4.69, 9.17) is 4.98 Å². The van der Waals surface area contributed by atoms with E-state index in [9.17, 15) is 9.59 Å². The molecule has 5 rings (SSSR count). The summed E-state index contributed by atoms with van der Waals surface area (Å²) in [7, 11) is 0. The highest BCUT2D eigenvalue weighted by atomic mass is 16.2. The Bertz CT molecular complexity index is 996. The fourth-order valence-electron chi connectivity index (χ4n) is 4.15. The number of aromatic nitrogens is 2. The summed E-state index contributed by atoms with van der Waals surface area (Å²) in [6, 6.07) is 12.5. The minimum absolute atomic E-state index is 0.267. The minimum atomic E-state index is -0.267. The van der Waals surface area contributed by atoms with Crippen LogP contribution in [0.5, 0.6) is 0 Å². The summed E-state index contributed by atoms with van der Waals surface area (Å²) in [6.07, 6.45) is 6.15. The predicted molar refractivity (Wildman–Crippen MR) is 99.5 cm³/mol. The van der Waals surface area contributed by atoms with Crippen LogP contribution in [-0.4, -0.2) is 21.8 Å². The van der Waals surface area contributed by atoms with Crippen molar-refractivity contribution in [2.75, 3.05) is 4.90 Å². The highest BCUT2D eigenvalue weighted by molar-refractivity contribution is 6.34. The van der Waals surface area contributed by atoms with Crippen LogP contribution >= 0.6 is 0 Å². The fraction of sp³-hybridized carbons (Fsp3) is 0.286. The Hall–Kier alpha value is -2.95. The largest absolute Gasteiger partial charge is 0.342 e. The van der Waals surface area contributed by atoms with Gasteiger partial charge in [0.1, 0.15) is 5.82 Å². The third kappa shape index (κ3) is 2.27. The maximum absolute atomic E-state index is 12.7. The van der Waals surface area contributed by atoms with Gasteiger partial charge in [0.15, 0.2) is 0 Å². The first-order valence-corrected chi connectivity index (χ1v) is 9.20. The quantitative estimate of drug-likeness (QED) is 0.700. The first-order valence-electron chi connectivity index (χ1n) is 9.20. The Balaban J connectivity index is 1.52. The van der Waals surface area contributed by atoms with Gasteiger partial charge >= 0.3 is 0 Å². The van der Waals surface area contributed by atoms with E-state index in [2.05, 4.69) is 4.98 Å². The summed E-state index contributed by atoms with van der Waals surface area (Å²) in [5.41, 5.74) is 3.27. The lowest BCUT2D eigenvalue weighted by Gasteiger charge is -2.19. The molecular weight excluding hydrogens is 326 g/mol. The van der Waals surface area contributed by atoms with E-state index < -0.39 is 0 Å². The Morgan fingerprint density at radius 3 is 2.31 bits per heavy atom. The Kier molecular flexibility index (Phi) is 3.42. The number of nitrogens with zero attached hydrogens (tertiary/aromatic N) is 2. The van der Waals surface area contributed by atoms with Crippen LogP contribution in [0.1, 0.15) is 64.6 Å². The summed E-state index contributed by atoms with van der Waals surface area (Å²) in [5, 5.41) is 0. The molecule has 130 valence electrons. The number of fused-ring (bicyclic) bond motifs is 2. The molecule has 0 atom stereocenters. The Labute approximate surface area is 151 Å². The van der Waals surface area contributed by atoms with Crippen molar-refractivity contribution in [3.63, 3.8) is 0 Å². The van der Waals surface area contributed by atoms with Crippen LogP contribution in [0.25, 0.3) is 11.0 Å². The molecule has 1 fully saturated rings. The molecule has 0 spiro atoms. The van der Waals surface area contributed by atoms with E-state index >= 15 is 0 Å². The molecule has 1 saturated carbocycles. The summed E-state index contributed by atoms with van der Waals surface area (Å²) in [5.74, 6) is 0.979. The van der Waals surface area contributed by atoms with Crippen LogP contribution in [0, 0.1) is 0 Å². The average molecular weight is 345 g/mol. The van der Waals surface area contributed by atoms with Gasteiger partial charge in [-0.1, -0.05) is 31.4 Å². The molecular formula is C21H19N3O2. The van der Waals surface area contributed by atoms with Crippen molar-refractivity contribution in [1.29, 1.82) is 0 Å². The van der Waals surface area contributed by atoms with Crippen LogP contribution in [0.2, 0.25) is 0 Å². The normalized spacial score (nSPS) is 17.9. The number of hydrogen-bond acceptors (Lipinski definition) is 3. The van der Waals surface area contributed by atoms with Crippen molar-refractivity contribution >= 4 is 28.5 Å². The van der Waals surface area contributed by atoms with Crippen molar-refractivity contribution < 1.29 is 9.59 Å². The number of benzene rings is 2. The summed E-state index contributed by atoms with van der Waals surface area (Å²) >= 11 is 0. The molecule has 5 nitrogen and oxygen atoms in total. The van der Waals surface area contributed by atoms with Crippen LogP contribution < -0.4 is 4.90 Å². The van der Waals surface area contributed by atoms with E-state index in [1.165, 1.54) is 37.0 Å². The number of hydrogen-bond donors (Lipinski definition) is 1. The van der Waals surface area contributed by atoms with Gasteiger partial charge in [-0.25, -0.2) is 9.88 Å². The maximum atomic E-state index is 12.7. The Morgan fingerprint density at radius 1 is 0.923 bits per heavy atom. The third-order valence-electron chi connectivity index (χ3n) is 5.53. The number of imidazole rings is 1. The lowest BCUT2D eigenvalue weighted by Crippen LogP contribution is -2.29. The molecule has 1 N–H and O–H groups in total. The highest BCUT2D eigenvalue weighted by Gasteiger charge is 2.36. The number of rotatable bonds is 2. The van der Waals surface area contributed by atoms with Crippen LogP contribution in [-0.2, 0) is 0 Å². The molecule has 1 aliphatic heterocycles. The van der Waals surface area contributed by atoms with Crippen molar-refractivity contribution in [2.45, 2.75) is 38.0 Å². The number of imide groups is 1. The lowest BCUT2D eigenvalue weighted by atomic mass is 9.89. The topological polar surface area (TPSA) is 66.1 Å². The van der Waals surface area contributed by atoms with Crippen molar-refractivity contribution in [3.8, 4) is 0 Å². The van der Waals surface area contributed by atoms with Crippen LogP contribution in [0.3, 0.4) is 0 Å². The van der Waals surface area contributed by atoms with Gasteiger partial charge in [0.25, 0.3) is 11.8 Å². The summed E-state index contributed by atoms with van der Waals surface area (Å²) in [4.78, 5) is 34.8. The van der Waals surface area contributed by atoms with Crippen LogP contribution in [0.4, 0.5) is 5.69 Å². The average Bonchev–Trinajstić information content (AvgIpc) is 3.22. The molecule has 0 saturated heterocycles. The zero-order chi connectivity index (χ0) is 17.7. The number of H-pyrrole nitrogens is 1. The molecule has 3 aromatic rings. The van der Waals surface area contributed by atoms with E-state index in [-0.39, 0.29) is 11.8 Å². The fourth-order valence-corrected chi connectivity index (χ4v) is 4.15. The Morgan fingerprint density at radius 2 is 1.62 bits per heavy atom. The van der Waals surface area contributed by atoms with Gasteiger partial charge in [-0.05, 0) is 43.2 Å². The highest BCUT2D eigenvalue weighted by Crippen LogP contribution is 2.34. The molecule has 2 aliphatic rings. The number of nitrogens with one attached hydrogen (secondary N) is 1. The van der Waals surface area contributed by atoms with Gasteiger partial charge in [0.05, 0.1) is 27.8 Å². The minimum Gasteiger partial charge on any atom is -0.342 e. The molecule has 1 aromatic heterocycles. The number of amides is 2. The van der Waals surface area contributed by atoms with Gasteiger partial charge in [-0.15, -0.1) is 0 Å². The van der Waals surface area contributed by atoms with Gasteiger partial charge in [-0.2, -0.15) is 0 Å². The van der Waals surface area contributed by atoms with Gasteiger partial charge in [0, 0.05) is 5.92 Å². The van der Waals surface area contributed by atoms with E-state index in [0.717, 1.165) is 16.9 Å². The van der Waals surface area contributed by atoms with E-state index in [1.54, 1.807) is 30.3 Å². The predicted octanol–water partition coefficient (Wildman–Crippen LogP) is 4.41. The number of carbonyl (C=O) groups excluding carboxylic acids is 2. The summed E-state index contributed by atoms with van der Waals surface area (Å²) in [6.45, 7) is 0. The zero-order valence-electron chi connectivity index (χ0n) is 14.4. The van der Waals surface area contributed by atoms with Crippen LogP contribution in [0.15, 0.2) is 42.5 Å². The first-order chi connectivity index (χ1) is 12.7. The SMILES string of the molecule is O=C1c2ccccc2C(=O)N1c1ccc2nc(C3CCCCC3)[nH]c2c1. The molecule has 2 aromatic carbocycles. The van der Waals surface area contributed by atoms with Crippen molar-refractivity contribution in [1.82, 2.24) is 9.97 Å². The molecule has 0 unspecified atom stereocenters. The van der Waals surface area contributed by atoms with E-state index in [0.29, 0.717) is 22.7 Å². The summed E-state index contributed by atoms with van der Waals surface area (Å²) < 4.78 is 0. The second kappa shape index (κ2) is 5.80. The second-order valence-electron chi connectivity index (χ2n) is 7.15. The lowest BCUT2D eigenvalue weighted by molar-refractivity contribution is 0.0926. The van der Waals surface area contributed by atoms with Crippen molar-refractivity contribution in [2.24, 2.45) is 0 Å². The van der Waals surface area contributed by atoms with E-state index in [1.807, 2.05) is 12.1 Å². The zero-order valence-corrected chi connectivity index (χ0v) is 14.4. The molecule has 5 heteroatoms. The number of anilines is 1. The molecule has 26 heavy (non-hydrogen) atoms. The molecule has 2 heterocycles. The molecule has 0 bridgehead atoms. The maximum Gasteiger partial charge on any atom is 0.266 e. The monoisotopic (exact) mass is 345 g/mol.